The Hall–Kier alpha value is -3.68. The number of carbonyl (C=O) groups is 1. The maximum Gasteiger partial charge on any atom is 0.256 e. The van der Waals surface area contributed by atoms with Crippen LogP contribution in [0.15, 0.2) is 36.5 Å². The van der Waals surface area contributed by atoms with Gasteiger partial charge in [-0.2, -0.15) is 10.2 Å². The molecule has 0 atom stereocenters. The number of methoxy groups -OCH3 is 1. The van der Waals surface area contributed by atoms with Crippen molar-refractivity contribution in [1.29, 1.82) is 0 Å². The van der Waals surface area contributed by atoms with Gasteiger partial charge in [0.1, 0.15) is 5.75 Å². The van der Waals surface area contributed by atoms with Crippen LogP contribution in [0.5, 0.6) is 5.75 Å². The number of rotatable bonds is 5. The molecule has 8 nitrogen and oxygen atoms in total. The van der Waals surface area contributed by atoms with Crippen molar-refractivity contribution < 1.29 is 9.53 Å². The number of benzene rings is 1. The molecule has 0 saturated carbocycles. The van der Waals surface area contributed by atoms with Crippen LogP contribution in [0.2, 0.25) is 0 Å². The van der Waals surface area contributed by atoms with Gasteiger partial charge >= 0.3 is 0 Å². The Labute approximate surface area is 174 Å². The number of nitrogens with zero attached hydrogens (tertiary/aromatic N) is 5. The van der Waals surface area contributed by atoms with E-state index in [1.165, 1.54) is 0 Å². The molecule has 0 saturated heterocycles. The van der Waals surface area contributed by atoms with E-state index in [1.807, 2.05) is 56.8 Å². The Morgan fingerprint density at radius 2 is 2.00 bits per heavy atom. The number of hydrogen-bond acceptors (Lipinski definition) is 5. The number of pyridine rings is 1. The number of hydrogen-bond donors (Lipinski definition) is 1. The molecule has 0 aliphatic heterocycles. The lowest BCUT2D eigenvalue weighted by Crippen LogP contribution is -2.14. The van der Waals surface area contributed by atoms with Crippen LogP contribution < -0.4 is 10.1 Å². The predicted molar refractivity (Wildman–Crippen MR) is 115 cm³/mol. The lowest BCUT2D eigenvalue weighted by Gasteiger charge is -2.09. The molecular weight excluding hydrogens is 380 g/mol. The topological polar surface area (TPSA) is 86.9 Å². The average molecular weight is 404 g/mol. The van der Waals surface area contributed by atoms with Crippen molar-refractivity contribution in [2.45, 2.75) is 27.3 Å². The molecule has 4 aromatic rings. The third-order valence-electron chi connectivity index (χ3n) is 5.16. The van der Waals surface area contributed by atoms with E-state index in [4.69, 9.17) is 4.74 Å². The molecular formula is C22H24N6O2. The predicted octanol–water partition coefficient (Wildman–Crippen LogP) is 3.40. The smallest absolute Gasteiger partial charge is 0.256 e. The van der Waals surface area contributed by atoms with Gasteiger partial charge in [-0.05, 0) is 44.5 Å². The van der Waals surface area contributed by atoms with E-state index in [0.717, 1.165) is 39.5 Å². The zero-order valence-corrected chi connectivity index (χ0v) is 17.7. The van der Waals surface area contributed by atoms with Crippen molar-refractivity contribution in [3.8, 4) is 5.75 Å². The summed E-state index contributed by atoms with van der Waals surface area (Å²) in [5.74, 6) is 0.599. The molecule has 1 amide bonds. The first-order valence-corrected chi connectivity index (χ1v) is 9.65. The Kier molecular flexibility index (Phi) is 4.99. The Bertz CT molecular complexity index is 1250. The molecule has 8 heteroatoms. The van der Waals surface area contributed by atoms with Crippen LogP contribution in [-0.2, 0) is 13.6 Å². The SMILES string of the molecule is COc1cccc(Cn2nc(C)c(NC(=O)c3cc(C)nc4c3cnn4C)c2C)c1. The number of nitrogens with one attached hydrogen (secondary N) is 1. The highest BCUT2D eigenvalue weighted by molar-refractivity contribution is 6.12. The second-order valence-corrected chi connectivity index (χ2v) is 7.33. The summed E-state index contributed by atoms with van der Waals surface area (Å²) in [5, 5.41) is 12.6. The van der Waals surface area contributed by atoms with Crippen LogP contribution in [0.4, 0.5) is 5.69 Å². The van der Waals surface area contributed by atoms with Gasteiger partial charge in [-0.3, -0.25) is 14.2 Å². The maximum atomic E-state index is 13.1. The Morgan fingerprint density at radius 1 is 1.20 bits per heavy atom. The van der Waals surface area contributed by atoms with Gasteiger partial charge in [-0.25, -0.2) is 4.98 Å². The quantitative estimate of drug-likeness (QED) is 0.551. The molecule has 0 aliphatic rings. The standard InChI is InChI=1S/C22H24N6O2/c1-13-9-18(19-11-23-27(4)21(19)24-13)22(29)25-20-14(2)26-28(15(20)3)12-16-7-6-8-17(10-16)30-5/h6-11H,12H2,1-5H3,(H,25,29). The van der Waals surface area contributed by atoms with E-state index >= 15 is 0 Å². The van der Waals surface area contributed by atoms with Crippen LogP contribution in [0.3, 0.4) is 0 Å². The first-order chi connectivity index (χ1) is 14.4. The number of amides is 1. The van der Waals surface area contributed by atoms with Gasteiger partial charge in [0.25, 0.3) is 5.91 Å². The number of anilines is 1. The normalized spacial score (nSPS) is 11.1. The Morgan fingerprint density at radius 3 is 2.77 bits per heavy atom. The summed E-state index contributed by atoms with van der Waals surface area (Å²) in [7, 11) is 3.46. The number of carbonyl (C=O) groups excluding carboxylic acids is 1. The van der Waals surface area contributed by atoms with Crippen molar-refractivity contribution in [2.24, 2.45) is 7.05 Å². The average Bonchev–Trinajstić information content (AvgIpc) is 3.22. The third kappa shape index (κ3) is 3.52. The molecule has 154 valence electrons. The monoisotopic (exact) mass is 404 g/mol. The molecule has 0 bridgehead atoms. The molecule has 0 radical (unpaired) electrons. The van der Waals surface area contributed by atoms with Gasteiger partial charge in [-0.15, -0.1) is 0 Å². The van der Waals surface area contributed by atoms with Crippen molar-refractivity contribution in [1.82, 2.24) is 24.5 Å². The second kappa shape index (κ2) is 7.62. The molecule has 30 heavy (non-hydrogen) atoms. The highest BCUT2D eigenvalue weighted by Crippen LogP contribution is 2.24. The zero-order chi connectivity index (χ0) is 21.4. The van der Waals surface area contributed by atoms with Gasteiger partial charge in [0.15, 0.2) is 5.65 Å². The highest BCUT2D eigenvalue weighted by Gasteiger charge is 2.19. The first-order valence-electron chi connectivity index (χ1n) is 9.65. The van der Waals surface area contributed by atoms with Crippen LogP contribution in [-0.4, -0.2) is 37.6 Å². The van der Waals surface area contributed by atoms with Crippen LogP contribution >= 0.6 is 0 Å². The van der Waals surface area contributed by atoms with Gasteiger partial charge < -0.3 is 10.1 Å². The van der Waals surface area contributed by atoms with Gasteiger partial charge in [0.2, 0.25) is 0 Å². The summed E-state index contributed by atoms with van der Waals surface area (Å²) in [6.45, 7) is 6.29. The number of ether oxygens (including phenoxy) is 1. The van der Waals surface area contributed by atoms with Gasteiger partial charge in [-0.1, -0.05) is 12.1 Å². The summed E-state index contributed by atoms with van der Waals surface area (Å²) in [5.41, 5.74) is 5.42. The molecule has 4 rings (SSSR count). The summed E-state index contributed by atoms with van der Waals surface area (Å²) < 4.78 is 8.86. The summed E-state index contributed by atoms with van der Waals surface area (Å²) in [4.78, 5) is 17.6. The fraction of sp³-hybridized carbons (Fsp3) is 0.273. The van der Waals surface area contributed by atoms with E-state index in [9.17, 15) is 4.79 Å². The van der Waals surface area contributed by atoms with E-state index in [0.29, 0.717) is 17.8 Å². The summed E-state index contributed by atoms with van der Waals surface area (Å²) in [6, 6.07) is 9.65. The Balaban J connectivity index is 1.63. The maximum absolute atomic E-state index is 13.1. The molecule has 1 N–H and O–H groups in total. The van der Waals surface area contributed by atoms with E-state index in [1.54, 1.807) is 24.1 Å². The molecule has 0 aliphatic carbocycles. The fourth-order valence-electron chi connectivity index (χ4n) is 3.58. The second-order valence-electron chi connectivity index (χ2n) is 7.33. The number of aryl methyl sites for hydroxylation is 3. The van der Waals surface area contributed by atoms with Gasteiger partial charge in [0, 0.05) is 12.7 Å². The molecule has 0 unspecified atom stereocenters. The van der Waals surface area contributed by atoms with Crippen LogP contribution in [0.1, 0.15) is 33.0 Å². The first kappa shape index (κ1) is 19.6. The highest BCUT2D eigenvalue weighted by atomic mass is 16.5. The lowest BCUT2D eigenvalue weighted by molar-refractivity contribution is 0.102. The summed E-state index contributed by atoms with van der Waals surface area (Å²) in [6.07, 6.45) is 1.67. The van der Waals surface area contributed by atoms with Gasteiger partial charge in [0.05, 0.1) is 47.9 Å². The number of fused-ring (bicyclic) bond motifs is 1. The minimum Gasteiger partial charge on any atom is -0.497 e. The molecule has 3 aromatic heterocycles. The minimum absolute atomic E-state index is 0.203. The van der Waals surface area contributed by atoms with Crippen molar-refractivity contribution in [3.05, 3.63) is 64.7 Å². The molecule has 0 fully saturated rings. The minimum atomic E-state index is -0.203. The van der Waals surface area contributed by atoms with E-state index < -0.39 is 0 Å². The lowest BCUT2D eigenvalue weighted by atomic mass is 10.1. The largest absolute Gasteiger partial charge is 0.497 e. The van der Waals surface area contributed by atoms with E-state index in [2.05, 4.69) is 20.5 Å². The molecule has 1 aromatic carbocycles. The van der Waals surface area contributed by atoms with Crippen molar-refractivity contribution in [3.63, 3.8) is 0 Å². The van der Waals surface area contributed by atoms with Crippen LogP contribution in [0, 0.1) is 20.8 Å². The third-order valence-corrected chi connectivity index (χ3v) is 5.16. The zero-order valence-electron chi connectivity index (χ0n) is 17.7. The summed E-state index contributed by atoms with van der Waals surface area (Å²) >= 11 is 0. The van der Waals surface area contributed by atoms with Crippen molar-refractivity contribution in [2.75, 3.05) is 12.4 Å². The molecule has 0 spiro atoms. The fourth-order valence-corrected chi connectivity index (χ4v) is 3.58. The van der Waals surface area contributed by atoms with Crippen LogP contribution in [0.25, 0.3) is 11.0 Å². The molecule has 3 heterocycles. The van der Waals surface area contributed by atoms with E-state index in [-0.39, 0.29) is 5.91 Å². The van der Waals surface area contributed by atoms with Crippen molar-refractivity contribution >= 4 is 22.6 Å². The number of aromatic nitrogens is 5.